The van der Waals surface area contributed by atoms with Crippen molar-refractivity contribution in [1.29, 1.82) is 0 Å². The number of carbonyl (C=O) groups excluding carboxylic acids is 4. The number of hydrogen-bond donors (Lipinski definition) is 4. The molecule has 196 valence electrons. The van der Waals surface area contributed by atoms with Gasteiger partial charge in [0.2, 0.25) is 17.7 Å². The van der Waals surface area contributed by atoms with Crippen molar-refractivity contribution in [3.63, 3.8) is 0 Å². The van der Waals surface area contributed by atoms with Crippen molar-refractivity contribution in [2.24, 2.45) is 5.92 Å². The fourth-order valence-corrected chi connectivity index (χ4v) is 4.56. The number of rotatable bonds is 1. The summed E-state index contributed by atoms with van der Waals surface area (Å²) in [6, 6.07) is 5.23. The Kier molecular flexibility index (Phi) is 7.87. The van der Waals surface area contributed by atoms with Crippen LogP contribution >= 0.6 is 0 Å². The van der Waals surface area contributed by atoms with E-state index in [9.17, 15) is 19.2 Å². The average molecular weight is 507 g/mol. The maximum atomic E-state index is 13.1. The SMILES string of the molecule is CC1NC(=O)C(C(C)C)NC(=O)/C=C\c2cc3cc(ccc3cn2)[C@@H](C)NC(=O)C2CCCN(N2)C1=O. The second kappa shape index (κ2) is 11.1. The Morgan fingerprint density at radius 3 is 2.43 bits per heavy atom. The van der Waals surface area contributed by atoms with Gasteiger partial charge < -0.3 is 16.0 Å². The van der Waals surface area contributed by atoms with Gasteiger partial charge in [0.05, 0.1) is 11.7 Å². The molecule has 4 amide bonds. The molecule has 0 aliphatic carbocycles. The summed E-state index contributed by atoms with van der Waals surface area (Å²) in [5.74, 6) is -1.65. The van der Waals surface area contributed by atoms with Crippen LogP contribution in [-0.4, -0.2) is 58.3 Å². The van der Waals surface area contributed by atoms with Crippen LogP contribution in [0.2, 0.25) is 0 Å². The summed E-state index contributed by atoms with van der Waals surface area (Å²) in [7, 11) is 0. The minimum absolute atomic E-state index is 0.197. The van der Waals surface area contributed by atoms with E-state index in [0.29, 0.717) is 25.1 Å². The molecule has 10 nitrogen and oxygen atoms in total. The second-order valence-electron chi connectivity index (χ2n) is 10.1. The number of benzene rings is 1. The van der Waals surface area contributed by atoms with Crippen LogP contribution in [0.15, 0.2) is 36.5 Å². The zero-order valence-electron chi connectivity index (χ0n) is 21.6. The quantitative estimate of drug-likeness (QED) is 0.464. The van der Waals surface area contributed by atoms with Gasteiger partial charge in [-0.3, -0.25) is 29.2 Å². The van der Waals surface area contributed by atoms with Gasteiger partial charge in [-0.25, -0.2) is 5.43 Å². The Labute approximate surface area is 216 Å². The molecule has 37 heavy (non-hydrogen) atoms. The highest BCUT2D eigenvalue weighted by Crippen LogP contribution is 2.22. The summed E-state index contributed by atoms with van der Waals surface area (Å²) >= 11 is 0. The fourth-order valence-electron chi connectivity index (χ4n) is 4.56. The molecular formula is C27H34N6O4. The number of amides is 4. The molecule has 2 aromatic rings. The molecule has 0 spiro atoms. The zero-order chi connectivity index (χ0) is 26.7. The molecular weight excluding hydrogens is 472 g/mol. The molecule has 1 fully saturated rings. The number of hydrogen-bond acceptors (Lipinski definition) is 6. The van der Waals surface area contributed by atoms with Crippen molar-refractivity contribution < 1.29 is 19.2 Å². The van der Waals surface area contributed by atoms with E-state index < -0.39 is 29.9 Å². The topological polar surface area (TPSA) is 133 Å². The Bertz CT molecular complexity index is 1240. The third-order valence-corrected chi connectivity index (χ3v) is 6.78. The highest BCUT2D eigenvalue weighted by atomic mass is 16.2. The van der Waals surface area contributed by atoms with Crippen LogP contribution in [0.3, 0.4) is 0 Å². The largest absolute Gasteiger partial charge is 0.348 e. The molecule has 2 aliphatic rings. The van der Waals surface area contributed by atoms with Crippen molar-refractivity contribution in [3.05, 3.63) is 47.8 Å². The Morgan fingerprint density at radius 2 is 1.68 bits per heavy atom. The molecule has 3 heterocycles. The molecule has 10 heteroatoms. The van der Waals surface area contributed by atoms with E-state index in [-0.39, 0.29) is 23.8 Å². The molecule has 0 radical (unpaired) electrons. The number of aromatic nitrogens is 1. The van der Waals surface area contributed by atoms with Crippen LogP contribution < -0.4 is 21.4 Å². The number of hydrazine groups is 1. The smallest absolute Gasteiger partial charge is 0.258 e. The first kappa shape index (κ1) is 26.3. The molecule has 4 atom stereocenters. The predicted octanol–water partition coefficient (Wildman–Crippen LogP) is 1.58. The number of carbonyl (C=O) groups is 4. The standard InChI is InChI=1S/C27H34N6O4/c1-15(2)24-26(36)30-17(4)27(37)33-11-5-6-22(32-33)25(35)29-16(3)18-7-8-19-14-28-21(13-20(19)12-18)9-10-23(34)31-24/h7-10,12-17,22,24,32H,5-6,11H2,1-4H3,(H,29,35)(H,30,36)(H,31,34)/b10-9-/t16-,17?,22?,24?/m1/s1. The van der Waals surface area contributed by atoms with Crippen LogP contribution in [0.25, 0.3) is 16.8 Å². The molecule has 1 aromatic carbocycles. The van der Waals surface area contributed by atoms with Gasteiger partial charge in [0.15, 0.2) is 0 Å². The first-order valence-electron chi connectivity index (χ1n) is 12.7. The van der Waals surface area contributed by atoms with Crippen molar-refractivity contribution in [1.82, 2.24) is 31.4 Å². The van der Waals surface area contributed by atoms with Gasteiger partial charge in [-0.05, 0) is 61.8 Å². The number of nitrogens with zero attached hydrogens (tertiary/aromatic N) is 2. The van der Waals surface area contributed by atoms with E-state index in [1.165, 1.54) is 11.1 Å². The van der Waals surface area contributed by atoms with E-state index in [1.54, 1.807) is 19.2 Å². The van der Waals surface area contributed by atoms with Crippen LogP contribution in [-0.2, 0) is 19.2 Å². The second-order valence-corrected chi connectivity index (χ2v) is 10.1. The minimum Gasteiger partial charge on any atom is -0.348 e. The summed E-state index contributed by atoms with van der Waals surface area (Å²) in [4.78, 5) is 56.2. The lowest BCUT2D eigenvalue weighted by atomic mass is 10.0. The molecule has 0 saturated carbocycles. The Balaban J connectivity index is 1.68. The monoisotopic (exact) mass is 506 g/mol. The van der Waals surface area contributed by atoms with Crippen molar-refractivity contribution in [2.75, 3.05) is 6.54 Å². The maximum absolute atomic E-state index is 13.1. The third kappa shape index (κ3) is 6.14. The summed E-state index contributed by atoms with van der Waals surface area (Å²) < 4.78 is 0. The van der Waals surface area contributed by atoms with Gasteiger partial charge in [-0.2, -0.15) is 0 Å². The molecule has 4 rings (SSSR count). The highest BCUT2D eigenvalue weighted by Gasteiger charge is 2.33. The lowest BCUT2D eigenvalue weighted by Gasteiger charge is -2.35. The highest BCUT2D eigenvalue weighted by molar-refractivity contribution is 5.97. The van der Waals surface area contributed by atoms with Crippen LogP contribution in [0, 0.1) is 5.92 Å². The molecule has 1 aromatic heterocycles. The van der Waals surface area contributed by atoms with Gasteiger partial charge in [0.25, 0.3) is 5.91 Å². The summed E-state index contributed by atoms with van der Waals surface area (Å²) in [5.41, 5.74) is 4.54. The molecule has 3 unspecified atom stereocenters. The summed E-state index contributed by atoms with van der Waals surface area (Å²) in [6.07, 6.45) is 5.90. The van der Waals surface area contributed by atoms with Crippen LogP contribution in [0.5, 0.6) is 0 Å². The number of pyridine rings is 1. The lowest BCUT2D eigenvalue weighted by molar-refractivity contribution is -0.143. The molecule has 4 N–H and O–H groups in total. The van der Waals surface area contributed by atoms with E-state index in [2.05, 4.69) is 26.4 Å². The molecule has 5 bridgehead atoms. The first-order valence-corrected chi connectivity index (χ1v) is 12.7. The van der Waals surface area contributed by atoms with E-state index >= 15 is 0 Å². The van der Waals surface area contributed by atoms with Crippen LogP contribution in [0.4, 0.5) is 0 Å². The molecule has 2 aliphatic heterocycles. The van der Waals surface area contributed by atoms with Gasteiger partial charge in [-0.1, -0.05) is 26.0 Å². The van der Waals surface area contributed by atoms with Gasteiger partial charge in [0.1, 0.15) is 18.1 Å². The Hall–Kier alpha value is -3.79. The lowest BCUT2D eigenvalue weighted by Crippen LogP contribution is -2.61. The van der Waals surface area contributed by atoms with Crippen molar-refractivity contribution in [2.45, 2.75) is 64.7 Å². The third-order valence-electron chi connectivity index (χ3n) is 6.78. The number of nitrogens with one attached hydrogen (secondary N) is 4. The normalized spacial score (nSPS) is 26.7. The fraction of sp³-hybridized carbons (Fsp3) is 0.444. The molecule has 1 saturated heterocycles. The Morgan fingerprint density at radius 1 is 0.919 bits per heavy atom. The van der Waals surface area contributed by atoms with E-state index in [0.717, 1.165) is 16.3 Å². The first-order chi connectivity index (χ1) is 17.6. The maximum Gasteiger partial charge on any atom is 0.258 e. The minimum atomic E-state index is -0.848. The van der Waals surface area contributed by atoms with Crippen LogP contribution in [0.1, 0.15) is 57.8 Å². The average Bonchev–Trinajstić information content (AvgIpc) is 2.88. The van der Waals surface area contributed by atoms with E-state index in [4.69, 9.17) is 0 Å². The zero-order valence-corrected chi connectivity index (χ0v) is 21.6. The summed E-state index contributed by atoms with van der Waals surface area (Å²) in [6.45, 7) is 7.56. The number of fused-ring (bicyclic) bond motifs is 4. The predicted molar refractivity (Wildman–Crippen MR) is 140 cm³/mol. The van der Waals surface area contributed by atoms with Gasteiger partial charge >= 0.3 is 0 Å². The van der Waals surface area contributed by atoms with Crippen molar-refractivity contribution in [3.8, 4) is 0 Å². The summed E-state index contributed by atoms with van der Waals surface area (Å²) in [5, 5.41) is 11.7. The van der Waals surface area contributed by atoms with E-state index in [1.807, 2.05) is 45.0 Å². The van der Waals surface area contributed by atoms with Crippen molar-refractivity contribution >= 4 is 40.5 Å². The van der Waals surface area contributed by atoms with Gasteiger partial charge in [-0.15, -0.1) is 0 Å². The van der Waals surface area contributed by atoms with Gasteiger partial charge in [0, 0.05) is 24.2 Å².